The molecule has 0 aliphatic carbocycles. The van der Waals surface area contributed by atoms with Crippen LogP contribution in [0.1, 0.15) is 49.9 Å². The minimum absolute atomic E-state index is 0.443. The fraction of sp³-hybridized carbons (Fsp3) is 0.300. The topological polar surface area (TPSA) is 50.1 Å². The summed E-state index contributed by atoms with van der Waals surface area (Å²) >= 11 is 0. The predicted molar refractivity (Wildman–Crippen MR) is 181 cm³/mol. The van der Waals surface area contributed by atoms with Gasteiger partial charge in [-0.15, -0.1) is 0 Å². The standard InChI is InChI=1S/C40H44O5/c1-27(2)21-33-34(22-28(3)4)40(32-18-20-36(38(24-32)42-6)44-26-30-15-11-8-12-16-30)45-39(33)31-17-19-35(37(23-31)41-5)43-25-29-13-9-7-10-14-29/h7-20,23-24,27-28H,21-22,25-26H2,1-6H3. The first-order valence-electron chi connectivity index (χ1n) is 15.7. The van der Waals surface area contributed by atoms with Crippen LogP contribution >= 0.6 is 0 Å². The number of methoxy groups -OCH3 is 2. The van der Waals surface area contributed by atoms with Crippen molar-refractivity contribution in [3.05, 3.63) is 119 Å². The molecule has 0 amide bonds. The van der Waals surface area contributed by atoms with Crippen molar-refractivity contribution in [2.45, 2.75) is 53.8 Å². The van der Waals surface area contributed by atoms with Gasteiger partial charge in [-0.25, -0.2) is 0 Å². The van der Waals surface area contributed by atoms with Gasteiger partial charge in [0.1, 0.15) is 24.7 Å². The fourth-order valence-electron chi connectivity index (χ4n) is 5.54. The van der Waals surface area contributed by atoms with E-state index < -0.39 is 0 Å². The van der Waals surface area contributed by atoms with Crippen LogP contribution in [-0.2, 0) is 26.1 Å². The first kappa shape index (κ1) is 31.8. The highest BCUT2D eigenvalue weighted by Crippen LogP contribution is 2.44. The summed E-state index contributed by atoms with van der Waals surface area (Å²) in [6.45, 7) is 9.92. The lowest BCUT2D eigenvalue weighted by Gasteiger charge is -2.14. The normalized spacial score (nSPS) is 11.2. The monoisotopic (exact) mass is 604 g/mol. The van der Waals surface area contributed by atoms with E-state index >= 15 is 0 Å². The van der Waals surface area contributed by atoms with Crippen LogP contribution in [0.5, 0.6) is 23.0 Å². The highest BCUT2D eigenvalue weighted by atomic mass is 16.5. The summed E-state index contributed by atoms with van der Waals surface area (Å²) in [6.07, 6.45) is 1.79. The zero-order chi connectivity index (χ0) is 31.8. The molecular weight excluding hydrogens is 560 g/mol. The maximum atomic E-state index is 6.86. The van der Waals surface area contributed by atoms with E-state index in [0.717, 1.165) is 46.6 Å². The fourth-order valence-corrected chi connectivity index (χ4v) is 5.54. The third-order valence-corrected chi connectivity index (χ3v) is 7.67. The quantitative estimate of drug-likeness (QED) is 0.126. The molecule has 5 aromatic rings. The van der Waals surface area contributed by atoms with Crippen molar-refractivity contribution in [1.29, 1.82) is 0 Å². The lowest BCUT2D eigenvalue weighted by atomic mass is 9.90. The molecular formula is C40H44O5. The maximum absolute atomic E-state index is 6.86. The highest BCUT2D eigenvalue weighted by molar-refractivity contribution is 5.75. The van der Waals surface area contributed by atoms with Crippen molar-refractivity contribution >= 4 is 0 Å². The van der Waals surface area contributed by atoms with Crippen LogP contribution < -0.4 is 18.9 Å². The summed E-state index contributed by atoms with van der Waals surface area (Å²) in [5.74, 6) is 5.35. The van der Waals surface area contributed by atoms with E-state index in [1.807, 2.05) is 60.7 Å². The second-order valence-corrected chi connectivity index (χ2v) is 12.2. The largest absolute Gasteiger partial charge is 0.493 e. The molecule has 5 nitrogen and oxygen atoms in total. The Morgan fingerprint density at radius 2 is 0.911 bits per heavy atom. The maximum Gasteiger partial charge on any atom is 0.161 e. The van der Waals surface area contributed by atoms with E-state index in [2.05, 4.69) is 64.1 Å². The van der Waals surface area contributed by atoms with Gasteiger partial charge in [-0.1, -0.05) is 88.4 Å². The van der Waals surface area contributed by atoms with E-state index in [9.17, 15) is 0 Å². The molecule has 45 heavy (non-hydrogen) atoms. The molecule has 0 bridgehead atoms. The molecule has 4 aromatic carbocycles. The minimum Gasteiger partial charge on any atom is -0.493 e. The van der Waals surface area contributed by atoms with Gasteiger partial charge in [-0.3, -0.25) is 0 Å². The minimum atomic E-state index is 0.443. The van der Waals surface area contributed by atoms with Gasteiger partial charge in [-0.05, 0) is 72.2 Å². The summed E-state index contributed by atoms with van der Waals surface area (Å²) in [5, 5.41) is 0. The molecule has 1 aromatic heterocycles. The molecule has 5 heteroatoms. The van der Waals surface area contributed by atoms with Crippen LogP contribution in [0.2, 0.25) is 0 Å². The first-order chi connectivity index (χ1) is 21.9. The summed E-state index contributed by atoms with van der Waals surface area (Å²) < 4.78 is 30.8. The van der Waals surface area contributed by atoms with E-state index in [1.54, 1.807) is 14.2 Å². The molecule has 0 unspecified atom stereocenters. The number of hydrogen-bond donors (Lipinski definition) is 0. The van der Waals surface area contributed by atoms with E-state index in [0.29, 0.717) is 48.0 Å². The third-order valence-electron chi connectivity index (χ3n) is 7.67. The Kier molecular flexibility index (Phi) is 10.5. The number of hydrogen-bond acceptors (Lipinski definition) is 5. The Hall–Kier alpha value is -4.64. The van der Waals surface area contributed by atoms with Crippen LogP contribution in [0, 0.1) is 11.8 Å². The second kappa shape index (κ2) is 14.9. The van der Waals surface area contributed by atoms with Gasteiger partial charge in [0, 0.05) is 22.3 Å². The SMILES string of the molecule is COc1cc(-c2oc(-c3ccc(OCc4ccccc4)c(OC)c3)c(CC(C)C)c2CC(C)C)ccc1OCc1ccccc1. The van der Waals surface area contributed by atoms with Gasteiger partial charge in [-0.2, -0.15) is 0 Å². The third kappa shape index (κ3) is 7.91. The smallest absolute Gasteiger partial charge is 0.161 e. The van der Waals surface area contributed by atoms with Crippen LogP contribution in [0.4, 0.5) is 0 Å². The number of benzene rings is 4. The molecule has 0 atom stereocenters. The molecule has 0 spiro atoms. The number of ether oxygens (including phenoxy) is 4. The molecule has 0 radical (unpaired) electrons. The Morgan fingerprint density at radius 3 is 1.27 bits per heavy atom. The van der Waals surface area contributed by atoms with Crippen molar-refractivity contribution in [3.8, 4) is 45.6 Å². The molecule has 5 rings (SSSR count). The molecule has 234 valence electrons. The average molecular weight is 605 g/mol. The van der Waals surface area contributed by atoms with Gasteiger partial charge >= 0.3 is 0 Å². The molecule has 0 aliphatic rings. The van der Waals surface area contributed by atoms with E-state index in [1.165, 1.54) is 11.1 Å². The molecule has 0 fully saturated rings. The van der Waals surface area contributed by atoms with E-state index in [4.69, 9.17) is 23.4 Å². The lowest BCUT2D eigenvalue weighted by molar-refractivity contribution is 0.284. The Balaban J connectivity index is 1.53. The van der Waals surface area contributed by atoms with Crippen LogP contribution in [0.15, 0.2) is 101 Å². The molecule has 0 saturated carbocycles. The average Bonchev–Trinajstić information content (AvgIpc) is 3.39. The van der Waals surface area contributed by atoms with Crippen molar-refractivity contribution < 1.29 is 23.4 Å². The van der Waals surface area contributed by atoms with Gasteiger partial charge in [0.15, 0.2) is 23.0 Å². The Morgan fingerprint density at radius 1 is 0.511 bits per heavy atom. The Labute approximate surface area is 267 Å². The Bertz CT molecular complexity index is 1550. The summed E-state index contributed by atoms with van der Waals surface area (Å²) in [7, 11) is 3.35. The van der Waals surface area contributed by atoms with Crippen LogP contribution in [0.3, 0.4) is 0 Å². The lowest BCUT2D eigenvalue weighted by Crippen LogP contribution is -2.03. The zero-order valence-electron chi connectivity index (χ0n) is 27.3. The van der Waals surface area contributed by atoms with Gasteiger partial charge in [0.05, 0.1) is 14.2 Å². The molecule has 0 saturated heterocycles. The first-order valence-corrected chi connectivity index (χ1v) is 15.7. The highest BCUT2D eigenvalue weighted by Gasteiger charge is 2.25. The molecule has 1 heterocycles. The van der Waals surface area contributed by atoms with Crippen molar-refractivity contribution in [1.82, 2.24) is 0 Å². The molecule has 0 N–H and O–H groups in total. The zero-order valence-corrected chi connectivity index (χ0v) is 27.3. The summed E-state index contributed by atoms with van der Waals surface area (Å²) in [4.78, 5) is 0. The van der Waals surface area contributed by atoms with Gasteiger partial charge in [0.2, 0.25) is 0 Å². The predicted octanol–water partition coefficient (Wildman–Crippen LogP) is 10.2. The van der Waals surface area contributed by atoms with Crippen molar-refractivity contribution in [2.24, 2.45) is 11.8 Å². The van der Waals surface area contributed by atoms with Crippen LogP contribution in [-0.4, -0.2) is 14.2 Å². The number of rotatable bonds is 14. The summed E-state index contributed by atoms with van der Waals surface area (Å²) in [5.41, 5.74) is 6.59. The summed E-state index contributed by atoms with van der Waals surface area (Å²) in [6, 6.07) is 32.4. The molecule has 0 aliphatic heterocycles. The number of furan rings is 1. The van der Waals surface area contributed by atoms with Crippen LogP contribution in [0.25, 0.3) is 22.6 Å². The van der Waals surface area contributed by atoms with E-state index in [-0.39, 0.29) is 0 Å². The second-order valence-electron chi connectivity index (χ2n) is 12.2. The van der Waals surface area contributed by atoms with Gasteiger partial charge < -0.3 is 23.4 Å². The van der Waals surface area contributed by atoms with Crippen molar-refractivity contribution in [3.63, 3.8) is 0 Å². The van der Waals surface area contributed by atoms with Gasteiger partial charge in [0.25, 0.3) is 0 Å². The van der Waals surface area contributed by atoms with Crippen molar-refractivity contribution in [2.75, 3.05) is 14.2 Å².